The van der Waals surface area contributed by atoms with Crippen molar-refractivity contribution in [1.82, 2.24) is 9.88 Å². The summed E-state index contributed by atoms with van der Waals surface area (Å²) < 4.78 is 69.6. The Labute approximate surface area is 192 Å². The number of halogens is 5. The van der Waals surface area contributed by atoms with E-state index in [4.69, 9.17) is 5.11 Å². The molecule has 0 bridgehead atoms. The van der Waals surface area contributed by atoms with E-state index < -0.39 is 41.8 Å². The van der Waals surface area contributed by atoms with Gasteiger partial charge in [0.05, 0.1) is 6.04 Å². The van der Waals surface area contributed by atoms with Gasteiger partial charge in [0.2, 0.25) is 0 Å². The molecule has 0 spiro atoms. The molecule has 34 heavy (non-hydrogen) atoms. The first-order valence-corrected chi connectivity index (χ1v) is 10.5. The number of benzene rings is 2. The third kappa shape index (κ3) is 4.61. The van der Waals surface area contributed by atoms with Crippen molar-refractivity contribution in [2.45, 2.75) is 25.1 Å². The van der Waals surface area contributed by atoms with Crippen LogP contribution in [0.4, 0.5) is 22.0 Å². The number of H-pyrrole nitrogens is 1. The zero-order valence-electron chi connectivity index (χ0n) is 17.9. The predicted octanol–water partition coefficient (Wildman–Crippen LogP) is 6.00. The molecule has 2 aromatic carbocycles. The van der Waals surface area contributed by atoms with Gasteiger partial charge in [-0.15, -0.1) is 0 Å². The molecule has 2 N–H and O–H groups in total. The summed E-state index contributed by atoms with van der Waals surface area (Å²) in [4.78, 5) is 15.6. The number of para-hydroxylation sites is 1. The van der Waals surface area contributed by atoms with Crippen LogP contribution in [-0.2, 0) is 11.2 Å². The fourth-order valence-corrected chi connectivity index (χ4v) is 4.41. The Bertz CT molecular complexity index is 1270. The summed E-state index contributed by atoms with van der Waals surface area (Å²) in [7, 11) is 0. The average molecular weight is 476 g/mol. The third-order valence-electron chi connectivity index (χ3n) is 6.03. The third-order valence-corrected chi connectivity index (χ3v) is 6.03. The number of aliphatic carboxylic acids is 1. The number of carboxylic acid groups (broad SMARTS) is 1. The Hall–Kier alpha value is -3.46. The standard InChI is InChI=1S/C25H21F5N2O2/c1-14(25(28,29)30)8-10-32-11-9-17-16-4-2-3-5-20(16)31-23(17)24(32)22-18(26)12-15(13-19(22)27)6-7-21(33)34/h2-7,12-13,24,31H,1,8-11H2,(H,33,34)/b7-6+/t24-/m1/s1. The first-order valence-electron chi connectivity index (χ1n) is 10.5. The van der Waals surface area contributed by atoms with Crippen molar-refractivity contribution in [2.24, 2.45) is 0 Å². The van der Waals surface area contributed by atoms with Crippen LogP contribution in [0.2, 0.25) is 0 Å². The lowest BCUT2D eigenvalue weighted by Gasteiger charge is -2.36. The van der Waals surface area contributed by atoms with Gasteiger partial charge in [-0.1, -0.05) is 24.8 Å². The molecule has 178 valence electrons. The fourth-order valence-electron chi connectivity index (χ4n) is 4.41. The maximum absolute atomic E-state index is 15.3. The van der Waals surface area contributed by atoms with Crippen molar-refractivity contribution < 1.29 is 31.9 Å². The lowest BCUT2D eigenvalue weighted by molar-refractivity contribution is -0.131. The van der Waals surface area contributed by atoms with Crippen LogP contribution in [0.25, 0.3) is 17.0 Å². The van der Waals surface area contributed by atoms with Gasteiger partial charge in [0.1, 0.15) is 11.6 Å². The lowest BCUT2D eigenvalue weighted by atomic mass is 9.90. The highest BCUT2D eigenvalue weighted by atomic mass is 19.4. The number of hydrogen-bond donors (Lipinski definition) is 2. The Balaban J connectivity index is 1.80. The Morgan fingerprint density at radius 2 is 1.88 bits per heavy atom. The molecule has 0 saturated heterocycles. The maximum Gasteiger partial charge on any atom is 0.412 e. The van der Waals surface area contributed by atoms with E-state index in [-0.39, 0.29) is 17.7 Å². The second-order valence-electron chi connectivity index (χ2n) is 8.17. The van der Waals surface area contributed by atoms with Gasteiger partial charge < -0.3 is 10.1 Å². The molecule has 2 heterocycles. The van der Waals surface area contributed by atoms with Crippen LogP contribution in [0.3, 0.4) is 0 Å². The largest absolute Gasteiger partial charge is 0.478 e. The number of carboxylic acids is 1. The molecule has 1 atom stereocenters. The zero-order chi connectivity index (χ0) is 24.6. The minimum Gasteiger partial charge on any atom is -0.478 e. The minimum atomic E-state index is -4.55. The highest BCUT2D eigenvalue weighted by Crippen LogP contribution is 2.41. The topological polar surface area (TPSA) is 56.3 Å². The van der Waals surface area contributed by atoms with Gasteiger partial charge in [0, 0.05) is 46.9 Å². The number of nitrogens with one attached hydrogen (secondary N) is 1. The van der Waals surface area contributed by atoms with Gasteiger partial charge in [0.15, 0.2) is 0 Å². The number of nitrogens with zero attached hydrogens (tertiary/aromatic N) is 1. The molecule has 3 aromatic rings. The summed E-state index contributed by atoms with van der Waals surface area (Å²) in [6, 6.07) is 8.41. The van der Waals surface area contributed by atoms with Crippen LogP contribution in [0, 0.1) is 11.6 Å². The molecule has 0 radical (unpaired) electrons. The summed E-state index contributed by atoms with van der Waals surface area (Å²) in [5.41, 5.74) is 0.949. The molecular formula is C25H21F5N2O2. The lowest BCUT2D eigenvalue weighted by Crippen LogP contribution is -2.38. The number of alkyl halides is 3. The molecular weight excluding hydrogens is 455 g/mol. The highest BCUT2D eigenvalue weighted by Gasteiger charge is 2.37. The van der Waals surface area contributed by atoms with Crippen molar-refractivity contribution in [2.75, 3.05) is 13.1 Å². The van der Waals surface area contributed by atoms with Crippen LogP contribution in [-0.4, -0.2) is 40.2 Å². The van der Waals surface area contributed by atoms with Gasteiger partial charge in [-0.25, -0.2) is 13.6 Å². The molecule has 4 rings (SSSR count). The number of rotatable bonds is 6. The fraction of sp³-hybridized carbons (Fsp3) is 0.240. The second kappa shape index (κ2) is 9.06. The molecule has 0 amide bonds. The Morgan fingerprint density at radius 3 is 2.53 bits per heavy atom. The number of aromatic amines is 1. The van der Waals surface area contributed by atoms with Crippen LogP contribution >= 0.6 is 0 Å². The van der Waals surface area contributed by atoms with Crippen LogP contribution in [0.5, 0.6) is 0 Å². The van der Waals surface area contributed by atoms with E-state index in [0.29, 0.717) is 18.7 Å². The van der Waals surface area contributed by atoms with Crippen molar-refractivity contribution in [3.63, 3.8) is 0 Å². The van der Waals surface area contributed by atoms with Crippen molar-refractivity contribution in [3.05, 3.63) is 88.6 Å². The molecule has 0 aliphatic carbocycles. The normalized spacial score (nSPS) is 16.8. The van der Waals surface area contributed by atoms with E-state index in [1.54, 1.807) is 4.90 Å². The average Bonchev–Trinajstić information content (AvgIpc) is 3.14. The van der Waals surface area contributed by atoms with Crippen molar-refractivity contribution in [1.29, 1.82) is 0 Å². The van der Waals surface area contributed by atoms with Gasteiger partial charge in [-0.05, 0) is 48.2 Å². The van der Waals surface area contributed by atoms with E-state index in [2.05, 4.69) is 11.6 Å². The van der Waals surface area contributed by atoms with Crippen molar-refractivity contribution >= 4 is 22.9 Å². The van der Waals surface area contributed by atoms with Gasteiger partial charge in [-0.2, -0.15) is 13.2 Å². The number of aromatic nitrogens is 1. The van der Waals surface area contributed by atoms with E-state index in [1.165, 1.54) is 0 Å². The molecule has 1 aliphatic rings. The summed E-state index contributed by atoms with van der Waals surface area (Å²) in [6.45, 7) is 3.30. The monoisotopic (exact) mass is 476 g/mol. The van der Waals surface area contributed by atoms with Crippen LogP contribution in [0.1, 0.15) is 34.8 Å². The maximum atomic E-state index is 15.3. The van der Waals surface area contributed by atoms with Crippen molar-refractivity contribution in [3.8, 4) is 0 Å². The van der Waals surface area contributed by atoms with E-state index in [9.17, 15) is 18.0 Å². The molecule has 4 nitrogen and oxygen atoms in total. The molecule has 0 unspecified atom stereocenters. The van der Waals surface area contributed by atoms with E-state index in [1.807, 2.05) is 24.3 Å². The minimum absolute atomic E-state index is 0.0193. The summed E-state index contributed by atoms with van der Waals surface area (Å²) in [6.07, 6.45) is -2.63. The van der Waals surface area contributed by atoms with E-state index in [0.717, 1.165) is 40.8 Å². The summed E-state index contributed by atoms with van der Waals surface area (Å²) in [5.74, 6) is -3.10. The molecule has 9 heteroatoms. The zero-order valence-corrected chi connectivity index (χ0v) is 17.9. The van der Waals surface area contributed by atoms with Gasteiger partial charge in [-0.3, -0.25) is 4.90 Å². The number of carbonyl (C=O) groups is 1. The summed E-state index contributed by atoms with van der Waals surface area (Å²) >= 11 is 0. The van der Waals surface area contributed by atoms with Crippen LogP contribution in [0.15, 0.2) is 54.6 Å². The molecule has 0 fully saturated rings. The smallest absolute Gasteiger partial charge is 0.412 e. The molecule has 0 saturated carbocycles. The first kappa shape index (κ1) is 23.7. The Kier molecular flexibility index (Phi) is 6.31. The SMILES string of the molecule is C=C(CCN1CCc2c([nH]c3ccccc23)[C@H]1c1c(F)cc(/C=C/C(=O)O)cc1F)C(F)(F)F. The summed E-state index contributed by atoms with van der Waals surface area (Å²) in [5, 5.41) is 9.67. The van der Waals surface area contributed by atoms with Crippen LogP contribution < -0.4 is 0 Å². The highest BCUT2D eigenvalue weighted by molar-refractivity contribution is 5.86. The molecule has 1 aromatic heterocycles. The first-order chi connectivity index (χ1) is 16.1. The van der Waals surface area contributed by atoms with Gasteiger partial charge in [0.25, 0.3) is 0 Å². The number of hydrogen-bond acceptors (Lipinski definition) is 2. The van der Waals surface area contributed by atoms with Gasteiger partial charge >= 0.3 is 12.1 Å². The van der Waals surface area contributed by atoms with E-state index >= 15 is 8.78 Å². The quantitative estimate of drug-likeness (QED) is 0.261. The number of fused-ring (bicyclic) bond motifs is 3. The molecule has 1 aliphatic heterocycles. The Morgan fingerprint density at radius 1 is 1.21 bits per heavy atom. The predicted molar refractivity (Wildman–Crippen MR) is 118 cm³/mol. The second-order valence-corrected chi connectivity index (χ2v) is 8.17.